The molecule has 17 heavy (non-hydrogen) atoms. The number of thiophene rings is 1. The van der Waals surface area contributed by atoms with Crippen molar-refractivity contribution in [3.63, 3.8) is 0 Å². The van der Waals surface area contributed by atoms with Gasteiger partial charge in [0.25, 0.3) is 5.91 Å². The lowest BCUT2D eigenvalue weighted by molar-refractivity contribution is 0.00623. The van der Waals surface area contributed by atoms with E-state index in [9.17, 15) is 9.18 Å². The highest BCUT2D eigenvalue weighted by atomic mass is 32.1. The van der Waals surface area contributed by atoms with E-state index in [1.807, 2.05) is 0 Å². The summed E-state index contributed by atoms with van der Waals surface area (Å²) in [6.07, 6.45) is -0.412. The van der Waals surface area contributed by atoms with E-state index < -0.39 is 6.10 Å². The van der Waals surface area contributed by atoms with Crippen molar-refractivity contribution in [1.82, 2.24) is 4.90 Å². The van der Waals surface area contributed by atoms with E-state index in [2.05, 4.69) is 0 Å². The fraction of sp³-hybridized carbons (Fsp3) is 0.250. The van der Waals surface area contributed by atoms with Gasteiger partial charge in [0.15, 0.2) is 0 Å². The summed E-state index contributed by atoms with van der Waals surface area (Å²) < 4.78 is 14.2. The highest BCUT2D eigenvalue weighted by molar-refractivity contribution is 7.20. The summed E-state index contributed by atoms with van der Waals surface area (Å²) in [5.41, 5.74) is 0. The topological polar surface area (TPSA) is 40.5 Å². The number of likely N-dealkylation sites (tertiary alicyclic amines) is 1. The van der Waals surface area contributed by atoms with Gasteiger partial charge in [-0.25, -0.2) is 4.39 Å². The molecule has 1 aliphatic rings. The van der Waals surface area contributed by atoms with Crippen molar-refractivity contribution in [2.75, 3.05) is 13.1 Å². The van der Waals surface area contributed by atoms with Crippen molar-refractivity contribution in [3.05, 3.63) is 35.0 Å². The molecule has 0 atom stereocenters. The Balaban J connectivity index is 1.96. The number of hydrogen-bond donors (Lipinski definition) is 1. The molecule has 1 fully saturated rings. The molecule has 0 saturated carbocycles. The van der Waals surface area contributed by atoms with Crippen molar-refractivity contribution >= 4 is 27.3 Å². The molecular formula is C12H10FNO2S. The fourth-order valence-corrected chi connectivity index (χ4v) is 2.95. The van der Waals surface area contributed by atoms with Crippen LogP contribution >= 0.6 is 11.3 Å². The molecule has 1 saturated heterocycles. The summed E-state index contributed by atoms with van der Waals surface area (Å²) in [4.78, 5) is 14.0. The van der Waals surface area contributed by atoms with Gasteiger partial charge in [-0.1, -0.05) is 6.07 Å². The van der Waals surface area contributed by atoms with E-state index in [0.29, 0.717) is 23.4 Å². The monoisotopic (exact) mass is 251 g/mol. The summed E-state index contributed by atoms with van der Waals surface area (Å²) in [5.74, 6) is -0.433. The van der Waals surface area contributed by atoms with Crippen molar-refractivity contribution in [1.29, 1.82) is 0 Å². The molecule has 5 heteroatoms. The highest BCUT2D eigenvalue weighted by Crippen LogP contribution is 2.29. The lowest BCUT2D eigenvalue weighted by atomic mass is 10.1. The number of amides is 1. The number of aliphatic hydroxyl groups is 1. The van der Waals surface area contributed by atoms with Crippen LogP contribution in [0.4, 0.5) is 4.39 Å². The number of halogens is 1. The molecule has 1 aromatic carbocycles. The van der Waals surface area contributed by atoms with E-state index >= 15 is 0 Å². The largest absolute Gasteiger partial charge is 0.389 e. The molecule has 3 nitrogen and oxygen atoms in total. The number of carbonyl (C=O) groups excluding carboxylic acids is 1. The van der Waals surface area contributed by atoms with Crippen LogP contribution in [0.25, 0.3) is 10.1 Å². The molecule has 88 valence electrons. The van der Waals surface area contributed by atoms with E-state index in [4.69, 9.17) is 5.11 Å². The van der Waals surface area contributed by atoms with Crippen LogP contribution in [0.15, 0.2) is 24.3 Å². The zero-order chi connectivity index (χ0) is 12.0. The van der Waals surface area contributed by atoms with Crippen LogP contribution in [-0.4, -0.2) is 35.1 Å². The van der Waals surface area contributed by atoms with Gasteiger partial charge in [0.05, 0.1) is 11.0 Å². The van der Waals surface area contributed by atoms with Gasteiger partial charge in [-0.05, 0) is 18.2 Å². The maximum atomic E-state index is 13.5. The number of nitrogens with zero attached hydrogens (tertiary/aromatic N) is 1. The molecule has 1 N–H and O–H groups in total. The average molecular weight is 251 g/mol. The zero-order valence-corrected chi connectivity index (χ0v) is 9.71. The second kappa shape index (κ2) is 3.78. The van der Waals surface area contributed by atoms with Crippen molar-refractivity contribution < 1.29 is 14.3 Å². The van der Waals surface area contributed by atoms with Gasteiger partial charge in [0, 0.05) is 23.2 Å². The van der Waals surface area contributed by atoms with Crippen LogP contribution in [0.5, 0.6) is 0 Å². The number of aliphatic hydroxyl groups excluding tert-OH is 1. The van der Waals surface area contributed by atoms with Gasteiger partial charge in [-0.15, -0.1) is 11.3 Å². The third-order valence-corrected chi connectivity index (χ3v) is 3.96. The number of benzene rings is 1. The molecule has 2 heterocycles. The number of carbonyl (C=O) groups is 1. The Morgan fingerprint density at radius 1 is 1.47 bits per heavy atom. The number of β-amino-alcohol motifs (C(OH)–C–C–N with tert-alkyl or cyclic N) is 1. The molecular weight excluding hydrogens is 241 g/mol. The minimum atomic E-state index is -0.412. The molecule has 0 aliphatic carbocycles. The molecule has 0 spiro atoms. The summed E-state index contributed by atoms with van der Waals surface area (Å²) in [6, 6.07) is 6.40. The molecule has 0 bridgehead atoms. The maximum Gasteiger partial charge on any atom is 0.264 e. The van der Waals surface area contributed by atoms with Gasteiger partial charge < -0.3 is 10.0 Å². The normalized spacial score (nSPS) is 16.2. The third-order valence-electron chi connectivity index (χ3n) is 2.87. The predicted octanol–water partition coefficient (Wildman–Crippen LogP) is 1.86. The standard InChI is InChI=1S/C12H10FNO2S/c13-9-2-1-3-10-8(9)4-11(17-10)12(16)14-5-7(15)6-14/h1-4,7,15H,5-6H2. The van der Waals surface area contributed by atoms with E-state index in [0.717, 1.165) is 4.70 Å². The van der Waals surface area contributed by atoms with Crippen LogP contribution in [-0.2, 0) is 0 Å². The number of hydrogen-bond acceptors (Lipinski definition) is 3. The first-order valence-corrected chi connectivity index (χ1v) is 6.12. The van der Waals surface area contributed by atoms with Gasteiger partial charge >= 0.3 is 0 Å². The molecule has 3 rings (SSSR count). The van der Waals surface area contributed by atoms with E-state index in [-0.39, 0.29) is 11.7 Å². The van der Waals surface area contributed by atoms with Crippen molar-refractivity contribution in [2.45, 2.75) is 6.10 Å². The van der Waals surface area contributed by atoms with Gasteiger partial charge in [0.1, 0.15) is 5.82 Å². The Morgan fingerprint density at radius 3 is 2.88 bits per heavy atom. The Hall–Kier alpha value is -1.46. The molecule has 0 unspecified atom stereocenters. The van der Waals surface area contributed by atoms with Crippen LogP contribution in [0.2, 0.25) is 0 Å². The second-order valence-corrected chi connectivity index (χ2v) is 5.21. The second-order valence-electron chi connectivity index (χ2n) is 4.13. The Labute approximate surface area is 101 Å². The van der Waals surface area contributed by atoms with Gasteiger partial charge in [-0.2, -0.15) is 0 Å². The smallest absolute Gasteiger partial charge is 0.264 e. The average Bonchev–Trinajstić information content (AvgIpc) is 2.69. The van der Waals surface area contributed by atoms with Crippen LogP contribution in [0.1, 0.15) is 9.67 Å². The minimum absolute atomic E-state index is 0.129. The summed E-state index contributed by atoms with van der Waals surface area (Å²) in [7, 11) is 0. The van der Waals surface area contributed by atoms with Gasteiger partial charge in [0.2, 0.25) is 0 Å². The van der Waals surface area contributed by atoms with E-state index in [1.165, 1.54) is 17.4 Å². The predicted molar refractivity (Wildman–Crippen MR) is 63.7 cm³/mol. The van der Waals surface area contributed by atoms with Crippen LogP contribution in [0.3, 0.4) is 0 Å². The SMILES string of the molecule is O=C(c1cc2c(F)cccc2s1)N1CC(O)C1. The van der Waals surface area contributed by atoms with Crippen molar-refractivity contribution in [2.24, 2.45) is 0 Å². The Morgan fingerprint density at radius 2 is 2.24 bits per heavy atom. The molecule has 1 aliphatic heterocycles. The van der Waals surface area contributed by atoms with Crippen molar-refractivity contribution in [3.8, 4) is 0 Å². The molecule has 2 aromatic rings. The third kappa shape index (κ3) is 1.71. The lowest BCUT2D eigenvalue weighted by Gasteiger charge is -2.35. The van der Waals surface area contributed by atoms with Crippen LogP contribution in [0, 0.1) is 5.82 Å². The number of fused-ring (bicyclic) bond motifs is 1. The molecule has 1 amide bonds. The Bertz CT molecular complexity index is 589. The maximum absolute atomic E-state index is 13.5. The quantitative estimate of drug-likeness (QED) is 0.840. The number of rotatable bonds is 1. The summed E-state index contributed by atoms with van der Waals surface area (Å²) >= 11 is 1.29. The molecule has 1 aromatic heterocycles. The van der Waals surface area contributed by atoms with Crippen LogP contribution < -0.4 is 0 Å². The lowest BCUT2D eigenvalue weighted by Crippen LogP contribution is -2.53. The summed E-state index contributed by atoms with van der Waals surface area (Å²) in [5, 5.41) is 9.64. The molecule has 0 radical (unpaired) electrons. The van der Waals surface area contributed by atoms with Gasteiger partial charge in [-0.3, -0.25) is 4.79 Å². The highest BCUT2D eigenvalue weighted by Gasteiger charge is 2.30. The Kier molecular flexibility index (Phi) is 2.38. The fourth-order valence-electron chi connectivity index (χ4n) is 1.91. The summed E-state index contributed by atoms with van der Waals surface area (Å²) in [6.45, 7) is 0.741. The van der Waals surface area contributed by atoms with E-state index in [1.54, 1.807) is 23.1 Å². The first-order valence-electron chi connectivity index (χ1n) is 5.30. The first kappa shape index (κ1) is 10.7. The zero-order valence-electron chi connectivity index (χ0n) is 8.89. The first-order chi connectivity index (χ1) is 8.15. The minimum Gasteiger partial charge on any atom is -0.389 e.